The van der Waals surface area contributed by atoms with E-state index < -0.39 is 0 Å². The van der Waals surface area contributed by atoms with E-state index >= 15 is 0 Å². The Morgan fingerprint density at radius 1 is 1.00 bits per heavy atom. The van der Waals surface area contributed by atoms with Crippen LogP contribution >= 0.6 is 0 Å². The van der Waals surface area contributed by atoms with Crippen LogP contribution in [0.15, 0.2) is 0 Å². The topological polar surface area (TPSA) is 47.6 Å². The molecule has 0 spiro atoms. The highest BCUT2D eigenvalue weighted by atomic mass is 14.2. The van der Waals surface area contributed by atoms with Crippen molar-refractivity contribution in [2.24, 2.45) is 0 Å². The fourth-order valence-electron chi connectivity index (χ4n) is 0.247. The zero-order valence-electron chi connectivity index (χ0n) is 4.02. The summed E-state index contributed by atoms with van der Waals surface area (Å²) in [4.78, 5) is 0. The number of nitrogens with zero attached hydrogens (tertiary/aromatic N) is 2. The molecule has 8 heavy (non-hydrogen) atoms. The largest absolute Gasteiger partial charge is 0.198 e. The normalized spacial score (nSPS) is 5.75. The highest BCUT2D eigenvalue weighted by Crippen LogP contribution is 1.88. The van der Waals surface area contributed by atoms with Crippen molar-refractivity contribution in [2.45, 2.75) is 26.7 Å². The van der Waals surface area contributed by atoms with Gasteiger partial charge in [0.1, 0.15) is 0 Å². The quantitative estimate of drug-likeness (QED) is 0.509. The average Bonchev–Trinajstić information content (AvgIpc) is 1.69. The van der Waals surface area contributed by atoms with Gasteiger partial charge in [-0.3, -0.25) is 0 Å². The minimum absolute atomic E-state index is 0. The average molecular weight is 110 g/mol. The monoisotopic (exact) mass is 110 g/mol. The molecule has 0 saturated carbocycles. The Bertz CT molecular complexity index is 90.7. The van der Waals surface area contributed by atoms with Crippen molar-refractivity contribution in [2.75, 3.05) is 0 Å². The molecule has 44 valence electrons. The maximum atomic E-state index is 7.93. The van der Waals surface area contributed by atoms with Gasteiger partial charge >= 0.3 is 0 Å². The van der Waals surface area contributed by atoms with Crippen molar-refractivity contribution in [3.8, 4) is 12.1 Å². The van der Waals surface area contributed by atoms with Crippen LogP contribution in [0.25, 0.3) is 0 Å². The standard InChI is InChI=1S/C5H6N2.CH4/c6-4-2-1-3-5-7;/h1-3H2;1H4. The molecule has 0 aliphatic rings. The lowest BCUT2D eigenvalue weighted by Gasteiger charge is -1.75. The van der Waals surface area contributed by atoms with Crippen LogP contribution in [0.1, 0.15) is 26.7 Å². The zero-order chi connectivity index (χ0) is 5.54. The van der Waals surface area contributed by atoms with Crippen molar-refractivity contribution < 1.29 is 0 Å². The number of unbranched alkanes of at least 4 members (excludes halogenated alkanes) is 2. The Morgan fingerprint density at radius 3 is 1.62 bits per heavy atom. The van der Waals surface area contributed by atoms with E-state index in [1.807, 2.05) is 12.1 Å². The van der Waals surface area contributed by atoms with Gasteiger partial charge in [0.05, 0.1) is 12.1 Å². The second kappa shape index (κ2) is 9.36. The molecule has 0 amide bonds. The molecule has 0 rings (SSSR count). The van der Waals surface area contributed by atoms with Crippen LogP contribution in [-0.4, -0.2) is 0 Å². The van der Waals surface area contributed by atoms with Gasteiger partial charge in [0.15, 0.2) is 0 Å². The summed E-state index contributed by atoms with van der Waals surface area (Å²) >= 11 is 0. The Labute approximate surface area is 50.4 Å². The second-order valence-electron chi connectivity index (χ2n) is 1.17. The highest BCUT2D eigenvalue weighted by Gasteiger charge is 1.79. The smallest absolute Gasteiger partial charge is 0.0622 e. The lowest BCUT2D eigenvalue weighted by molar-refractivity contribution is 0.885. The molecule has 0 aromatic carbocycles. The summed E-state index contributed by atoms with van der Waals surface area (Å²) in [5, 5.41) is 15.9. The maximum Gasteiger partial charge on any atom is 0.0622 e. The fraction of sp³-hybridized carbons (Fsp3) is 0.667. The number of rotatable bonds is 2. The molecule has 0 saturated heterocycles. The van der Waals surface area contributed by atoms with Crippen molar-refractivity contribution in [3.63, 3.8) is 0 Å². The van der Waals surface area contributed by atoms with Crippen LogP contribution in [0.3, 0.4) is 0 Å². The summed E-state index contributed by atoms with van der Waals surface area (Å²) in [5.41, 5.74) is 0. The highest BCUT2D eigenvalue weighted by molar-refractivity contribution is 4.74. The summed E-state index contributed by atoms with van der Waals surface area (Å²) in [6.07, 6.45) is 1.73. The van der Waals surface area contributed by atoms with Gasteiger partial charge in [-0.15, -0.1) is 0 Å². The fourth-order valence-corrected chi connectivity index (χ4v) is 0.247. The molecule has 0 unspecified atom stereocenters. The summed E-state index contributed by atoms with van der Waals surface area (Å²) in [5.74, 6) is 0. The van der Waals surface area contributed by atoms with Crippen LogP contribution in [0.2, 0.25) is 0 Å². The van der Waals surface area contributed by atoms with E-state index in [1.54, 1.807) is 0 Å². The lowest BCUT2D eigenvalue weighted by atomic mass is 10.3. The zero-order valence-corrected chi connectivity index (χ0v) is 4.02. The molecule has 0 bridgehead atoms. The molecule has 0 radical (unpaired) electrons. The van der Waals surface area contributed by atoms with Crippen molar-refractivity contribution in [3.05, 3.63) is 0 Å². The van der Waals surface area contributed by atoms with E-state index in [1.165, 1.54) is 0 Å². The third-order valence-corrected chi connectivity index (χ3v) is 0.577. The van der Waals surface area contributed by atoms with Gasteiger partial charge in [-0.2, -0.15) is 10.5 Å². The molecular formula is C6H10N2. The van der Waals surface area contributed by atoms with E-state index in [4.69, 9.17) is 10.5 Å². The Morgan fingerprint density at radius 2 is 1.38 bits per heavy atom. The number of nitriles is 2. The van der Waals surface area contributed by atoms with Gasteiger partial charge in [-0.25, -0.2) is 0 Å². The first kappa shape index (κ1) is 10.1. The first-order chi connectivity index (χ1) is 3.41. The van der Waals surface area contributed by atoms with E-state index in [2.05, 4.69) is 0 Å². The van der Waals surface area contributed by atoms with Crippen molar-refractivity contribution in [1.29, 1.82) is 10.5 Å². The summed E-state index contributed by atoms with van der Waals surface area (Å²) in [7, 11) is 0. The van der Waals surface area contributed by atoms with E-state index in [0.29, 0.717) is 19.3 Å². The van der Waals surface area contributed by atoms with Crippen LogP contribution in [0, 0.1) is 22.7 Å². The number of hydrogen-bond donors (Lipinski definition) is 0. The Kier molecular flexibility index (Phi) is 11.8. The molecule has 0 aromatic rings. The first-order valence-corrected chi connectivity index (χ1v) is 2.15. The Hall–Kier alpha value is -1.02. The lowest BCUT2D eigenvalue weighted by Crippen LogP contribution is -1.65. The molecule has 2 heteroatoms. The predicted octanol–water partition coefficient (Wildman–Crippen LogP) is 1.84. The Balaban J connectivity index is 0. The van der Waals surface area contributed by atoms with E-state index in [9.17, 15) is 0 Å². The van der Waals surface area contributed by atoms with E-state index in [0.717, 1.165) is 0 Å². The molecule has 0 atom stereocenters. The molecule has 0 fully saturated rings. The molecule has 0 N–H and O–H groups in total. The van der Waals surface area contributed by atoms with Crippen LogP contribution < -0.4 is 0 Å². The summed E-state index contributed by atoms with van der Waals surface area (Å²) in [6.45, 7) is 0. The van der Waals surface area contributed by atoms with E-state index in [-0.39, 0.29) is 7.43 Å². The SMILES string of the molecule is C.N#CCCCC#N. The van der Waals surface area contributed by atoms with Gasteiger partial charge in [0.2, 0.25) is 0 Å². The predicted molar refractivity (Wildman–Crippen MR) is 31.8 cm³/mol. The molecule has 0 heterocycles. The maximum absolute atomic E-state index is 7.93. The first-order valence-electron chi connectivity index (χ1n) is 2.15. The van der Waals surface area contributed by atoms with Gasteiger partial charge in [-0.05, 0) is 6.42 Å². The van der Waals surface area contributed by atoms with Crippen molar-refractivity contribution >= 4 is 0 Å². The van der Waals surface area contributed by atoms with Crippen LogP contribution in [0.5, 0.6) is 0 Å². The van der Waals surface area contributed by atoms with Gasteiger partial charge < -0.3 is 0 Å². The minimum Gasteiger partial charge on any atom is -0.198 e. The van der Waals surface area contributed by atoms with Gasteiger partial charge in [-0.1, -0.05) is 7.43 Å². The molecule has 0 aliphatic carbocycles. The van der Waals surface area contributed by atoms with Gasteiger partial charge in [0, 0.05) is 12.8 Å². The summed E-state index contributed by atoms with van der Waals surface area (Å²) in [6, 6.07) is 3.90. The third kappa shape index (κ3) is 8.88. The molecule has 0 aliphatic heterocycles. The molecular weight excluding hydrogens is 100 g/mol. The molecule has 2 nitrogen and oxygen atoms in total. The van der Waals surface area contributed by atoms with Crippen molar-refractivity contribution in [1.82, 2.24) is 0 Å². The third-order valence-electron chi connectivity index (χ3n) is 0.577. The van der Waals surface area contributed by atoms with Gasteiger partial charge in [0.25, 0.3) is 0 Å². The van der Waals surface area contributed by atoms with Crippen LogP contribution in [0.4, 0.5) is 0 Å². The minimum atomic E-state index is 0. The molecule has 0 aromatic heterocycles. The number of hydrogen-bond acceptors (Lipinski definition) is 2. The second-order valence-corrected chi connectivity index (χ2v) is 1.17. The summed E-state index contributed by atoms with van der Waals surface area (Å²) < 4.78 is 0. The van der Waals surface area contributed by atoms with Crippen LogP contribution in [-0.2, 0) is 0 Å².